The summed E-state index contributed by atoms with van der Waals surface area (Å²) < 4.78 is 5.79. The Morgan fingerprint density at radius 3 is 2.74 bits per heavy atom. The summed E-state index contributed by atoms with van der Waals surface area (Å²) in [4.78, 5) is 17.1. The van der Waals surface area contributed by atoms with E-state index in [9.17, 15) is 9.90 Å². The fourth-order valence-corrected chi connectivity index (χ4v) is 3.57. The van der Waals surface area contributed by atoms with Crippen LogP contribution in [0, 0.1) is 0 Å². The van der Waals surface area contributed by atoms with E-state index in [0.29, 0.717) is 19.7 Å². The van der Waals surface area contributed by atoms with Gasteiger partial charge in [0.1, 0.15) is 0 Å². The Kier molecular flexibility index (Phi) is 5.30. The van der Waals surface area contributed by atoms with Gasteiger partial charge in [0.05, 0.1) is 13.2 Å². The number of carbonyl (C=O) groups excluding carboxylic acids is 1. The van der Waals surface area contributed by atoms with Crippen molar-refractivity contribution in [2.45, 2.75) is 31.9 Å². The molecule has 2 atom stereocenters. The number of benzene rings is 1. The van der Waals surface area contributed by atoms with E-state index in [-0.39, 0.29) is 18.6 Å². The van der Waals surface area contributed by atoms with Crippen LogP contribution in [0.5, 0.6) is 0 Å². The van der Waals surface area contributed by atoms with Gasteiger partial charge in [-0.3, -0.25) is 9.69 Å². The lowest BCUT2D eigenvalue weighted by Gasteiger charge is -2.40. The number of hydrogen-bond donors (Lipinski definition) is 1. The second kappa shape index (κ2) is 7.43. The van der Waals surface area contributed by atoms with Gasteiger partial charge in [0.25, 0.3) is 5.91 Å². The minimum absolute atomic E-state index is 0.0776. The molecule has 0 aliphatic carbocycles. The molecule has 1 aromatic carbocycles. The number of ether oxygens (including phenoxy) is 1. The second-order valence-corrected chi connectivity index (χ2v) is 6.31. The van der Waals surface area contributed by atoms with Gasteiger partial charge in [0, 0.05) is 32.2 Å². The van der Waals surface area contributed by atoms with Crippen molar-refractivity contribution < 1.29 is 14.6 Å². The number of nitrogens with zero attached hydrogens (tertiary/aromatic N) is 2. The summed E-state index contributed by atoms with van der Waals surface area (Å²) in [7, 11) is 0. The third kappa shape index (κ3) is 3.42. The fourth-order valence-electron chi connectivity index (χ4n) is 3.57. The predicted molar refractivity (Wildman–Crippen MR) is 88.2 cm³/mol. The maximum Gasteiger partial charge on any atom is 0.256 e. The van der Waals surface area contributed by atoms with Crippen molar-refractivity contribution in [2.24, 2.45) is 0 Å². The molecule has 2 aliphatic heterocycles. The number of hydrogen-bond acceptors (Lipinski definition) is 4. The lowest BCUT2D eigenvalue weighted by Crippen LogP contribution is -2.54. The second-order valence-electron chi connectivity index (χ2n) is 6.31. The van der Waals surface area contributed by atoms with E-state index >= 15 is 0 Å². The van der Waals surface area contributed by atoms with Crippen LogP contribution < -0.4 is 0 Å². The molecule has 2 aliphatic rings. The molecular formula is C18H26N2O3. The van der Waals surface area contributed by atoms with Gasteiger partial charge in [-0.2, -0.15) is 0 Å². The number of carbonyl (C=O) groups is 1. The summed E-state index contributed by atoms with van der Waals surface area (Å²) in [5.41, 5.74) is 2.25. The molecule has 23 heavy (non-hydrogen) atoms. The fraction of sp³-hybridized carbons (Fsp3) is 0.611. The molecule has 1 fully saturated rings. The van der Waals surface area contributed by atoms with Crippen LogP contribution in [0.2, 0.25) is 0 Å². The Bertz CT molecular complexity index is 537. The topological polar surface area (TPSA) is 53.0 Å². The van der Waals surface area contributed by atoms with Crippen LogP contribution in [-0.4, -0.2) is 66.2 Å². The Morgan fingerprint density at radius 1 is 1.30 bits per heavy atom. The van der Waals surface area contributed by atoms with Crippen molar-refractivity contribution in [3.05, 3.63) is 35.4 Å². The van der Waals surface area contributed by atoms with E-state index in [0.717, 1.165) is 31.5 Å². The van der Waals surface area contributed by atoms with Crippen LogP contribution in [0.25, 0.3) is 0 Å². The molecule has 1 N–H and O–H groups in total. The number of rotatable bonds is 4. The first-order chi connectivity index (χ1) is 11.2. The van der Waals surface area contributed by atoms with Gasteiger partial charge in [-0.25, -0.2) is 0 Å². The van der Waals surface area contributed by atoms with Crippen molar-refractivity contribution >= 4 is 5.91 Å². The smallest absolute Gasteiger partial charge is 0.256 e. The SMILES string of the molecule is CCC(CO)N1CCN(C(=O)C2OCCc3ccccc32)CC1. The quantitative estimate of drug-likeness (QED) is 0.907. The summed E-state index contributed by atoms with van der Waals surface area (Å²) in [6.07, 6.45) is 1.36. The predicted octanol–water partition coefficient (Wildman–Crippen LogP) is 1.22. The minimum Gasteiger partial charge on any atom is -0.395 e. The maximum atomic E-state index is 12.9. The van der Waals surface area contributed by atoms with Gasteiger partial charge in [0.2, 0.25) is 0 Å². The summed E-state index contributed by atoms with van der Waals surface area (Å²) >= 11 is 0. The van der Waals surface area contributed by atoms with Crippen LogP contribution in [0.4, 0.5) is 0 Å². The molecule has 1 amide bonds. The first-order valence-electron chi connectivity index (χ1n) is 8.57. The van der Waals surface area contributed by atoms with Crippen molar-refractivity contribution in [2.75, 3.05) is 39.4 Å². The highest BCUT2D eigenvalue weighted by molar-refractivity contribution is 5.83. The largest absolute Gasteiger partial charge is 0.395 e. The van der Waals surface area contributed by atoms with E-state index in [1.54, 1.807) is 0 Å². The van der Waals surface area contributed by atoms with Gasteiger partial charge < -0.3 is 14.7 Å². The number of aliphatic hydroxyl groups is 1. The highest BCUT2D eigenvalue weighted by Crippen LogP contribution is 2.29. The van der Waals surface area contributed by atoms with Crippen molar-refractivity contribution in [1.82, 2.24) is 9.80 Å². The van der Waals surface area contributed by atoms with Crippen molar-refractivity contribution in [3.8, 4) is 0 Å². The third-order valence-electron chi connectivity index (χ3n) is 5.04. The van der Waals surface area contributed by atoms with Gasteiger partial charge in [0.15, 0.2) is 6.10 Å². The zero-order valence-corrected chi connectivity index (χ0v) is 13.8. The number of fused-ring (bicyclic) bond motifs is 1. The van der Waals surface area contributed by atoms with Crippen LogP contribution in [-0.2, 0) is 16.0 Å². The van der Waals surface area contributed by atoms with Gasteiger partial charge >= 0.3 is 0 Å². The summed E-state index contributed by atoms with van der Waals surface area (Å²) in [6, 6.07) is 8.29. The average Bonchev–Trinajstić information content (AvgIpc) is 2.62. The van der Waals surface area contributed by atoms with E-state index in [1.165, 1.54) is 5.56 Å². The minimum atomic E-state index is -0.452. The molecule has 126 valence electrons. The Hall–Kier alpha value is -1.43. The molecule has 0 radical (unpaired) electrons. The highest BCUT2D eigenvalue weighted by Gasteiger charge is 2.33. The average molecular weight is 318 g/mol. The van der Waals surface area contributed by atoms with Crippen LogP contribution >= 0.6 is 0 Å². The molecule has 2 heterocycles. The lowest BCUT2D eigenvalue weighted by atomic mass is 9.96. The Morgan fingerprint density at radius 2 is 2.04 bits per heavy atom. The normalized spacial score (nSPS) is 23.4. The van der Waals surface area contributed by atoms with Crippen molar-refractivity contribution in [1.29, 1.82) is 0 Å². The molecule has 3 rings (SSSR count). The molecular weight excluding hydrogens is 292 g/mol. The standard InChI is InChI=1S/C18H26N2O3/c1-2-15(13-21)19-8-10-20(11-9-19)18(22)17-16-6-4-3-5-14(16)7-12-23-17/h3-6,15,17,21H,2,7-13H2,1H3. The summed E-state index contributed by atoms with van der Waals surface area (Å²) in [5, 5.41) is 9.42. The highest BCUT2D eigenvalue weighted by atomic mass is 16.5. The van der Waals surface area contributed by atoms with Crippen LogP contribution in [0.1, 0.15) is 30.6 Å². The zero-order chi connectivity index (χ0) is 16.2. The number of amides is 1. The number of piperazine rings is 1. The van der Waals surface area contributed by atoms with E-state index in [2.05, 4.69) is 17.9 Å². The molecule has 0 aromatic heterocycles. The molecule has 5 nitrogen and oxygen atoms in total. The molecule has 1 saturated heterocycles. The number of aliphatic hydroxyl groups excluding tert-OH is 1. The van der Waals surface area contributed by atoms with Gasteiger partial charge in [-0.1, -0.05) is 31.2 Å². The van der Waals surface area contributed by atoms with E-state index in [1.807, 2.05) is 23.1 Å². The van der Waals surface area contributed by atoms with Crippen LogP contribution in [0.3, 0.4) is 0 Å². The molecule has 0 bridgehead atoms. The Labute approximate surface area is 137 Å². The molecule has 2 unspecified atom stereocenters. The Balaban J connectivity index is 1.64. The lowest BCUT2D eigenvalue weighted by molar-refractivity contribution is -0.147. The van der Waals surface area contributed by atoms with Gasteiger partial charge in [-0.05, 0) is 24.0 Å². The molecule has 1 aromatic rings. The summed E-state index contributed by atoms with van der Waals surface area (Å²) in [5.74, 6) is 0.0776. The summed E-state index contributed by atoms with van der Waals surface area (Å²) in [6.45, 7) is 5.93. The third-order valence-corrected chi connectivity index (χ3v) is 5.04. The monoisotopic (exact) mass is 318 g/mol. The maximum absolute atomic E-state index is 12.9. The first kappa shape index (κ1) is 16.4. The van der Waals surface area contributed by atoms with E-state index in [4.69, 9.17) is 4.74 Å². The zero-order valence-electron chi connectivity index (χ0n) is 13.8. The van der Waals surface area contributed by atoms with Crippen LogP contribution in [0.15, 0.2) is 24.3 Å². The van der Waals surface area contributed by atoms with Crippen molar-refractivity contribution in [3.63, 3.8) is 0 Å². The molecule has 0 saturated carbocycles. The first-order valence-corrected chi connectivity index (χ1v) is 8.57. The van der Waals surface area contributed by atoms with Gasteiger partial charge in [-0.15, -0.1) is 0 Å². The molecule has 0 spiro atoms. The van der Waals surface area contributed by atoms with E-state index < -0.39 is 6.10 Å². The molecule has 5 heteroatoms.